The number of aromatic nitrogens is 4. The van der Waals surface area contributed by atoms with Crippen LogP contribution >= 0.6 is 11.3 Å². The van der Waals surface area contributed by atoms with E-state index in [0.717, 1.165) is 38.8 Å². The van der Waals surface area contributed by atoms with Gasteiger partial charge in [0, 0.05) is 42.1 Å². The Morgan fingerprint density at radius 1 is 1.09 bits per heavy atom. The Hall–Kier alpha value is -2.51. The van der Waals surface area contributed by atoms with Gasteiger partial charge in [-0.25, -0.2) is 9.97 Å². The summed E-state index contributed by atoms with van der Waals surface area (Å²) < 4.78 is 3.29. The molecule has 32 heavy (non-hydrogen) atoms. The lowest BCUT2D eigenvalue weighted by Crippen LogP contribution is -2.58. The Morgan fingerprint density at radius 3 is 2.59 bits per heavy atom. The molecule has 166 valence electrons. The van der Waals surface area contributed by atoms with Crippen molar-refractivity contribution in [1.29, 1.82) is 0 Å². The van der Waals surface area contributed by atoms with Crippen LogP contribution in [0, 0.1) is 13.8 Å². The van der Waals surface area contributed by atoms with Gasteiger partial charge in [-0.3, -0.25) is 4.98 Å². The largest absolute Gasteiger partial charge is 0.348 e. The number of hydrogen-bond acceptors (Lipinski definition) is 6. The van der Waals surface area contributed by atoms with Crippen LogP contribution in [-0.2, 0) is 0 Å². The van der Waals surface area contributed by atoms with Crippen molar-refractivity contribution in [3.05, 3.63) is 42.0 Å². The van der Waals surface area contributed by atoms with Crippen LogP contribution in [0.3, 0.4) is 0 Å². The maximum atomic E-state index is 4.96. The number of nitrogens with one attached hydrogen (secondary N) is 1. The molecule has 4 aromatic rings. The van der Waals surface area contributed by atoms with Crippen LogP contribution in [0.1, 0.15) is 50.8 Å². The fraction of sp³-hybridized carbons (Fsp3) is 0.480. The van der Waals surface area contributed by atoms with Gasteiger partial charge in [0.1, 0.15) is 11.2 Å². The zero-order chi connectivity index (χ0) is 22.3. The number of nitrogens with zero attached hydrogens (tertiary/aromatic N) is 5. The van der Waals surface area contributed by atoms with Crippen molar-refractivity contribution in [2.24, 2.45) is 0 Å². The standard InChI is InChI=1S/C25H30N6S/c1-15-8-17(14-31-13-16(2)27-22(15)31)19-9-21-20(12-26-19)28-23(32-21)30(5)18-10-24(3)6-7-25(4,11-18)29-24/h8-9,12-14,18,29H,6-7,10-11H2,1-5H3/t18?,24-,25+. The lowest BCUT2D eigenvalue weighted by atomic mass is 9.84. The predicted octanol–water partition coefficient (Wildman–Crippen LogP) is 5.12. The van der Waals surface area contributed by atoms with Crippen molar-refractivity contribution in [2.75, 3.05) is 11.9 Å². The van der Waals surface area contributed by atoms with Gasteiger partial charge in [0.25, 0.3) is 0 Å². The fourth-order valence-electron chi connectivity index (χ4n) is 5.91. The number of thiazole rings is 1. The minimum Gasteiger partial charge on any atom is -0.348 e. The van der Waals surface area contributed by atoms with Gasteiger partial charge in [-0.2, -0.15) is 0 Å². The summed E-state index contributed by atoms with van der Waals surface area (Å²) in [7, 11) is 2.22. The molecule has 0 aliphatic carbocycles. The first kappa shape index (κ1) is 20.1. The molecule has 2 bridgehead atoms. The van der Waals surface area contributed by atoms with Gasteiger partial charge in [0.05, 0.1) is 22.3 Å². The normalized spacial score (nSPS) is 27.5. The van der Waals surface area contributed by atoms with Gasteiger partial charge in [0.15, 0.2) is 5.13 Å². The van der Waals surface area contributed by atoms with E-state index in [0.29, 0.717) is 6.04 Å². The number of anilines is 1. The van der Waals surface area contributed by atoms with Gasteiger partial charge in [-0.05, 0) is 71.1 Å². The second kappa shape index (κ2) is 6.75. The highest BCUT2D eigenvalue weighted by atomic mass is 32.1. The van der Waals surface area contributed by atoms with Crippen molar-refractivity contribution in [2.45, 2.75) is 70.5 Å². The fourth-order valence-corrected chi connectivity index (χ4v) is 6.92. The SMILES string of the molecule is Cc1cn2cc(-c3cc4sc(N(C)C5C[C@]6(C)CC[C@](C)(C5)N6)nc4cn3)cc(C)c2n1. The molecular formula is C25H30N6S. The van der Waals surface area contributed by atoms with Gasteiger partial charge >= 0.3 is 0 Å². The van der Waals surface area contributed by atoms with E-state index in [-0.39, 0.29) is 11.1 Å². The first-order valence-corrected chi connectivity index (χ1v) is 12.3. The maximum Gasteiger partial charge on any atom is 0.186 e. The molecule has 1 N–H and O–H groups in total. The zero-order valence-electron chi connectivity index (χ0n) is 19.4. The molecule has 0 saturated carbocycles. The Bertz CT molecular complexity index is 1340. The lowest BCUT2D eigenvalue weighted by molar-refractivity contribution is 0.208. The molecule has 2 fully saturated rings. The zero-order valence-corrected chi connectivity index (χ0v) is 20.3. The minimum absolute atomic E-state index is 0.250. The Balaban J connectivity index is 1.33. The summed E-state index contributed by atoms with van der Waals surface area (Å²) in [6.07, 6.45) is 11.0. The second-order valence-electron chi connectivity index (χ2n) is 10.5. The van der Waals surface area contributed by atoms with Crippen molar-refractivity contribution >= 4 is 32.3 Å². The van der Waals surface area contributed by atoms with Crippen molar-refractivity contribution in [3.63, 3.8) is 0 Å². The van der Waals surface area contributed by atoms with E-state index in [9.17, 15) is 0 Å². The van der Waals surface area contributed by atoms with Crippen molar-refractivity contribution in [3.8, 4) is 11.3 Å². The highest BCUT2D eigenvalue weighted by Crippen LogP contribution is 2.44. The van der Waals surface area contributed by atoms with E-state index in [2.05, 4.69) is 71.9 Å². The molecule has 2 saturated heterocycles. The molecule has 0 aromatic carbocycles. The van der Waals surface area contributed by atoms with E-state index in [1.165, 1.54) is 30.4 Å². The van der Waals surface area contributed by atoms with Gasteiger partial charge in [-0.15, -0.1) is 0 Å². The Morgan fingerprint density at radius 2 is 1.84 bits per heavy atom. The average Bonchev–Trinajstić information content (AvgIpc) is 3.39. The molecule has 1 unspecified atom stereocenters. The summed E-state index contributed by atoms with van der Waals surface area (Å²) in [4.78, 5) is 16.7. The summed E-state index contributed by atoms with van der Waals surface area (Å²) in [6, 6.07) is 4.87. The average molecular weight is 447 g/mol. The highest BCUT2D eigenvalue weighted by Gasteiger charge is 2.49. The first-order valence-electron chi connectivity index (χ1n) is 11.5. The summed E-state index contributed by atoms with van der Waals surface area (Å²) >= 11 is 1.78. The summed E-state index contributed by atoms with van der Waals surface area (Å²) in [6.45, 7) is 8.90. The number of pyridine rings is 2. The molecule has 0 spiro atoms. The minimum atomic E-state index is 0.250. The third-order valence-electron chi connectivity index (χ3n) is 7.47. The predicted molar refractivity (Wildman–Crippen MR) is 132 cm³/mol. The monoisotopic (exact) mass is 446 g/mol. The lowest BCUT2D eigenvalue weighted by Gasteiger charge is -2.45. The van der Waals surface area contributed by atoms with Crippen molar-refractivity contribution < 1.29 is 0 Å². The van der Waals surface area contributed by atoms with Crippen LogP contribution in [0.25, 0.3) is 27.1 Å². The van der Waals surface area contributed by atoms with E-state index >= 15 is 0 Å². The topological polar surface area (TPSA) is 58.4 Å². The molecule has 3 atom stereocenters. The number of hydrogen-bond donors (Lipinski definition) is 1. The molecule has 2 aliphatic rings. The Kier molecular flexibility index (Phi) is 4.24. The number of fused-ring (bicyclic) bond motifs is 4. The third kappa shape index (κ3) is 3.21. The quantitative estimate of drug-likeness (QED) is 0.473. The Labute approximate surface area is 192 Å². The molecule has 6 nitrogen and oxygen atoms in total. The van der Waals surface area contributed by atoms with Gasteiger partial charge in [-0.1, -0.05) is 11.3 Å². The van der Waals surface area contributed by atoms with Crippen LogP contribution in [-0.4, -0.2) is 43.5 Å². The molecular weight excluding hydrogens is 416 g/mol. The van der Waals surface area contributed by atoms with Crippen LogP contribution in [0.5, 0.6) is 0 Å². The van der Waals surface area contributed by atoms with Crippen molar-refractivity contribution in [1.82, 2.24) is 24.7 Å². The molecule has 6 heterocycles. The van der Waals surface area contributed by atoms with E-state index in [1.54, 1.807) is 11.3 Å². The second-order valence-corrected chi connectivity index (χ2v) is 11.5. The number of imidazole rings is 1. The molecule has 2 aliphatic heterocycles. The number of aryl methyl sites for hydroxylation is 2. The summed E-state index contributed by atoms with van der Waals surface area (Å²) in [5.74, 6) is 0. The maximum absolute atomic E-state index is 4.96. The highest BCUT2D eigenvalue weighted by molar-refractivity contribution is 7.22. The van der Waals surface area contributed by atoms with E-state index < -0.39 is 0 Å². The molecule has 0 radical (unpaired) electrons. The van der Waals surface area contributed by atoms with Gasteiger partial charge in [0.2, 0.25) is 0 Å². The van der Waals surface area contributed by atoms with Crippen LogP contribution in [0.15, 0.2) is 30.7 Å². The number of piperidine rings is 1. The van der Waals surface area contributed by atoms with Crippen LogP contribution in [0.4, 0.5) is 5.13 Å². The van der Waals surface area contributed by atoms with E-state index in [1.807, 2.05) is 13.1 Å². The van der Waals surface area contributed by atoms with Crippen LogP contribution in [0.2, 0.25) is 0 Å². The smallest absolute Gasteiger partial charge is 0.186 e. The number of rotatable bonds is 3. The molecule has 7 heteroatoms. The first-order chi connectivity index (χ1) is 15.2. The molecule has 6 rings (SSSR count). The molecule has 4 aromatic heterocycles. The van der Waals surface area contributed by atoms with E-state index in [4.69, 9.17) is 9.97 Å². The molecule has 0 amide bonds. The third-order valence-corrected chi connectivity index (χ3v) is 8.58. The van der Waals surface area contributed by atoms with Gasteiger partial charge < -0.3 is 14.6 Å². The summed E-state index contributed by atoms with van der Waals surface area (Å²) in [5, 5.41) is 4.98. The van der Waals surface area contributed by atoms with Crippen LogP contribution < -0.4 is 10.2 Å². The summed E-state index contributed by atoms with van der Waals surface area (Å²) in [5.41, 5.74) is 6.75.